The van der Waals surface area contributed by atoms with E-state index in [4.69, 9.17) is 16.3 Å². The van der Waals surface area contributed by atoms with Gasteiger partial charge in [-0.2, -0.15) is 13.2 Å². The molecule has 0 spiro atoms. The third kappa shape index (κ3) is 6.16. The van der Waals surface area contributed by atoms with Crippen LogP contribution in [0.15, 0.2) is 48.5 Å². The van der Waals surface area contributed by atoms with Gasteiger partial charge < -0.3 is 14.5 Å². The molecule has 32 heavy (non-hydrogen) atoms. The highest BCUT2D eigenvalue weighted by Crippen LogP contribution is 2.29. The van der Waals surface area contributed by atoms with Crippen molar-refractivity contribution in [3.63, 3.8) is 0 Å². The first-order chi connectivity index (χ1) is 15.1. The molecule has 1 aliphatic heterocycles. The highest BCUT2D eigenvalue weighted by Gasteiger charge is 2.32. The number of hydrogen-bond acceptors (Lipinski definition) is 3. The smallest absolute Gasteiger partial charge is 0.416 e. The summed E-state index contributed by atoms with van der Waals surface area (Å²) in [5, 5.41) is 0.618. The predicted octanol–water partition coefficient (Wildman–Crippen LogP) is 4.75. The highest BCUT2D eigenvalue weighted by molar-refractivity contribution is 6.30. The van der Waals surface area contributed by atoms with Crippen LogP contribution in [0, 0.1) is 5.92 Å². The van der Waals surface area contributed by atoms with Crippen molar-refractivity contribution in [2.45, 2.75) is 19.0 Å². The van der Waals surface area contributed by atoms with Crippen molar-refractivity contribution in [1.82, 2.24) is 9.80 Å². The maximum absolute atomic E-state index is 12.7. The second-order valence-corrected chi connectivity index (χ2v) is 8.14. The fraction of sp³-hybridized carbons (Fsp3) is 0.391. The molecular formula is C23H24ClF3N2O3. The quantitative estimate of drug-likeness (QED) is 0.615. The van der Waals surface area contributed by atoms with Crippen LogP contribution >= 0.6 is 11.6 Å². The predicted molar refractivity (Wildman–Crippen MR) is 115 cm³/mol. The average Bonchev–Trinajstić information content (AvgIpc) is 2.79. The minimum atomic E-state index is -4.44. The fourth-order valence-corrected chi connectivity index (χ4v) is 3.69. The maximum atomic E-state index is 12.7. The Kier molecular flexibility index (Phi) is 7.66. The van der Waals surface area contributed by atoms with Crippen LogP contribution in [-0.2, 0) is 11.0 Å². The number of benzene rings is 2. The lowest BCUT2D eigenvalue weighted by molar-refractivity contribution is -0.137. The van der Waals surface area contributed by atoms with Gasteiger partial charge in [0.15, 0.2) is 0 Å². The molecule has 0 aliphatic carbocycles. The Morgan fingerprint density at radius 1 is 1.06 bits per heavy atom. The number of halogens is 4. The molecule has 1 heterocycles. The number of carbonyl (C=O) groups excluding carboxylic acids is 2. The Hall–Kier alpha value is -2.74. The number of rotatable bonds is 6. The first-order valence-corrected chi connectivity index (χ1v) is 10.6. The molecule has 0 aromatic heterocycles. The van der Waals surface area contributed by atoms with Crippen LogP contribution in [0.25, 0.3) is 0 Å². The molecule has 0 atom stereocenters. The Bertz CT molecular complexity index is 925. The van der Waals surface area contributed by atoms with Gasteiger partial charge in [-0.3, -0.25) is 9.59 Å². The molecule has 0 unspecified atom stereocenters. The maximum Gasteiger partial charge on any atom is 0.416 e. The first-order valence-electron chi connectivity index (χ1n) is 10.2. The van der Waals surface area contributed by atoms with E-state index in [2.05, 4.69) is 0 Å². The fourth-order valence-electron chi connectivity index (χ4n) is 3.57. The molecule has 172 valence electrons. The normalized spacial score (nSPS) is 14.8. The van der Waals surface area contributed by atoms with Crippen molar-refractivity contribution < 1.29 is 27.5 Å². The van der Waals surface area contributed by atoms with Crippen molar-refractivity contribution in [1.29, 1.82) is 0 Å². The van der Waals surface area contributed by atoms with E-state index in [1.165, 1.54) is 12.1 Å². The molecule has 2 amide bonds. The summed E-state index contributed by atoms with van der Waals surface area (Å²) in [5.41, 5.74) is -0.583. The van der Waals surface area contributed by atoms with Gasteiger partial charge in [0.2, 0.25) is 5.91 Å². The van der Waals surface area contributed by atoms with Crippen molar-refractivity contribution in [3.8, 4) is 5.75 Å². The van der Waals surface area contributed by atoms with E-state index >= 15 is 0 Å². The van der Waals surface area contributed by atoms with Gasteiger partial charge in [-0.05, 0) is 61.4 Å². The summed E-state index contributed by atoms with van der Waals surface area (Å²) in [4.78, 5) is 28.5. The number of hydrogen-bond donors (Lipinski definition) is 0. The third-order valence-electron chi connectivity index (χ3n) is 5.48. The lowest BCUT2D eigenvalue weighted by Crippen LogP contribution is -2.44. The van der Waals surface area contributed by atoms with Crippen LogP contribution in [0.4, 0.5) is 13.2 Å². The third-order valence-corrected chi connectivity index (χ3v) is 5.73. The molecule has 0 saturated carbocycles. The first kappa shape index (κ1) is 23.9. The minimum Gasteiger partial charge on any atom is -0.492 e. The number of ether oxygens (including phenoxy) is 1. The minimum absolute atomic E-state index is 0.00802. The van der Waals surface area contributed by atoms with Crippen LogP contribution in [0.1, 0.15) is 28.8 Å². The molecule has 9 heteroatoms. The van der Waals surface area contributed by atoms with Crippen LogP contribution in [-0.4, -0.2) is 54.9 Å². The van der Waals surface area contributed by atoms with Gasteiger partial charge in [-0.25, -0.2) is 0 Å². The molecule has 1 fully saturated rings. The molecular weight excluding hydrogens is 445 g/mol. The summed E-state index contributed by atoms with van der Waals surface area (Å²) < 4.78 is 43.7. The second-order valence-electron chi connectivity index (χ2n) is 7.70. The molecule has 2 aromatic carbocycles. The van der Waals surface area contributed by atoms with Gasteiger partial charge in [0, 0.05) is 36.6 Å². The van der Waals surface area contributed by atoms with Crippen LogP contribution < -0.4 is 4.74 Å². The topological polar surface area (TPSA) is 49.9 Å². The molecule has 1 saturated heterocycles. The monoisotopic (exact) mass is 468 g/mol. The molecule has 0 radical (unpaired) electrons. The van der Waals surface area contributed by atoms with Gasteiger partial charge in [-0.15, -0.1) is 0 Å². The van der Waals surface area contributed by atoms with Gasteiger partial charge in [0.25, 0.3) is 5.91 Å². The van der Waals surface area contributed by atoms with Gasteiger partial charge >= 0.3 is 6.18 Å². The zero-order valence-corrected chi connectivity index (χ0v) is 18.3. The molecule has 3 rings (SSSR count). The van der Waals surface area contributed by atoms with E-state index in [-0.39, 0.29) is 23.3 Å². The Labute approximate surface area is 189 Å². The van der Waals surface area contributed by atoms with E-state index in [0.717, 1.165) is 12.1 Å². The Balaban J connectivity index is 1.45. The van der Waals surface area contributed by atoms with E-state index in [9.17, 15) is 22.8 Å². The molecule has 5 nitrogen and oxygen atoms in total. The van der Waals surface area contributed by atoms with Crippen LogP contribution in [0.2, 0.25) is 5.02 Å². The molecule has 2 aromatic rings. The number of amides is 2. The van der Waals surface area contributed by atoms with E-state index in [1.54, 1.807) is 41.1 Å². The number of likely N-dealkylation sites (N-methyl/N-ethyl adjacent to an activating group) is 1. The van der Waals surface area contributed by atoms with Crippen molar-refractivity contribution in [2.75, 3.05) is 33.3 Å². The Morgan fingerprint density at radius 3 is 2.22 bits per heavy atom. The summed E-state index contributed by atoms with van der Waals surface area (Å²) in [6.07, 6.45) is -3.42. The van der Waals surface area contributed by atoms with Gasteiger partial charge in [0.1, 0.15) is 12.4 Å². The molecule has 0 bridgehead atoms. The Morgan fingerprint density at radius 2 is 1.66 bits per heavy atom. The lowest BCUT2D eigenvalue weighted by atomic mass is 9.95. The van der Waals surface area contributed by atoms with Crippen molar-refractivity contribution >= 4 is 23.4 Å². The SMILES string of the molecule is CN(CCOc1ccc(Cl)cc1)C(=O)C1CCN(C(=O)c2ccc(C(F)(F)F)cc2)CC1. The van der Waals surface area contributed by atoms with Crippen molar-refractivity contribution in [2.24, 2.45) is 5.92 Å². The number of piperidine rings is 1. The second kappa shape index (κ2) is 10.3. The van der Waals surface area contributed by atoms with Crippen molar-refractivity contribution in [3.05, 3.63) is 64.7 Å². The number of likely N-dealkylation sites (tertiary alicyclic amines) is 1. The van der Waals surface area contributed by atoms with E-state index in [1.807, 2.05) is 0 Å². The van der Waals surface area contributed by atoms with Crippen LogP contribution in [0.3, 0.4) is 0 Å². The number of alkyl halides is 3. The van der Waals surface area contributed by atoms with Gasteiger partial charge in [0.05, 0.1) is 12.1 Å². The highest BCUT2D eigenvalue weighted by atomic mass is 35.5. The van der Waals surface area contributed by atoms with E-state index < -0.39 is 11.7 Å². The largest absolute Gasteiger partial charge is 0.492 e. The van der Waals surface area contributed by atoms with Crippen LogP contribution in [0.5, 0.6) is 5.75 Å². The number of carbonyl (C=O) groups is 2. The summed E-state index contributed by atoms with van der Waals surface area (Å²) in [5.74, 6) is 0.137. The average molecular weight is 469 g/mol. The summed E-state index contributed by atoms with van der Waals surface area (Å²) in [6, 6.07) is 11.2. The van der Waals surface area contributed by atoms with Gasteiger partial charge in [-0.1, -0.05) is 11.6 Å². The molecule has 0 N–H and O–H groups in total. The lowest BCUT2D eigenvalue weighted by Gasteiger charge is -2.33. The van der Waals surface area contributed by atoms with E-state index in [0.29, 0.717) is 49.9 Å². The summed E-state index contributed by atoms with van der Waals surface area (Å²) in [6.45, 7) is 1.53. The summed E-state index contributed by atoms with van der Waals surface area (Å²) in [7, 11) is 1.72. The zero-order chi connectivity index (χ0) is 23.3. The standard InChI is InChI=1S/C23H24ClF3N2O3/c1-28(14-15-32-20-8-6-19(24)7-9-20)21(30)17-10-12-29(13-11-17)22(31)16-2-4-18(5-3-16)23(25,26)27/h2-9,17H,10-15H2,1H3. The zero-order valence-electron chi connectivity index (χ0n) is 17.6. The summed E-state index contributed by atoms with van der Waals surface area (Å²) >= 11 is 5.84. The molecule has 1 aliphatic rings. The number of nitrogens with zero attached hydrogens (tertiary/aromatic N) is 2.